The maximum absolute atomic E-state index is 13.3. The van der Waals surface area contributed by atoms with Crippen molar-refractivity contribution < 1.29 is 23.8 Å². The van der Waals surface area contributed by atoms with Gasteiger partial charge in [0.1, 0.15) is 18.0 Å². The fraction of sp³-hybridized carbons (Fsp3) is 0.259. The second-order valence-electron chi connectivity index (χ2n) is 8.43. The number of fused-ring (bicyclic) bond motifs is 3. The molecule has 1 aliphatic carbocycles. The van der Waals surface area contributed by atoms with E-state index in [1.54, 1.807) is 6.92 Å². The highest BCUT2D eigenvalue weighted by molar-refractivity contribution is 5.84. The van der Waals surface area contributed by atoms with E-state index in [9.17, 15) is 19.1 Å². The van der Waals surface area contributed by atoms with Crippen LogP contribution >= 0.6 is 0 Å². The van der Waals surface area contributed by atoms with Gasteiger partial charge in [0.2, 0.25) is 0 Å². The van der Waals surface area contributed by atoms with E-state index < -0.39 is 23.4 Å². The fourth-order valence-electron chi connectivity index (χ4n) is 4.64. The highest BCUT2D eigenvalue weighted by Gasteiger charge is 2.43. The number of carbonyl (C=O) groups is 2. The lowest BCUT2D eigenvalue weighted by atomic mass is 9.91. The molecule has 3 aromatic carbocycles. The lowest BCUT2D eigenvalue weighted by Crippen LogP contribution is -2.56. The lowest BCUT2D eigenvalue weighted by Gasteiger charge is -2.36. The van der Waals surface area contributed by atoms with Gasteiger partial charge in [0.25, 0.3) is 0 Å². The highest BCUT2D eigenvalue weighted by atomic mass is 19.1. The Hall–Kier alpha value is -3.67. The number of benzene rings is 3. The first-order valence-electron chi connectivity index (χ1n) is 11.0. The zero-order valence-electron chi connectivity index (χ0n) is 18.6. The molecule has 1 amide bonds. The van der Waals surface area contributed by atoms with Gasteiger partial charge in [-0.25, -0.2) is 14.0 Å². The molecule has 1 unspecified atom stereocenters. The largest absolute Gasteiger partial charge is 0.479 e. The van der Waals surface area contributed by atoms with Crippen molar-refractivity contribution in [2.75, 3.05) is 13.2 Å². The van der Waals surface area contributed by atoms with E-state index in [0.717, 1.165) is 22.3 Å². The zero-order chi connectivity index (χ0) is 23.6. The van der Waals surface area contributed by atoms with Crippen LogP contribution in [0.2, 0.25) is 0 Å². The third kappa shape index (κ3) is 4.21. The Morgan fingerprint density at radius 3 is 2.03 bits per heavy atom. The molecule has 1 atom stereocenters. The van der Waals surface area contributed by atoms with Crippen LogP contribution in [0.1, 0.15) is 36.5 Å². The van der Waals surface area contributed by atoms with Crippen LogP contribution in [0, 0.1) is 5.82 Å². The third-order valence-corrected chi connectivity index (χ3v) is 6.39. The van der Waals surface area contributed by atoms with Crippen molar-refractivity contribution in [1.29, 1.82) is 0 Å². The SMILES string of the molecule is CCN(C(=O)OCC1c2ccccc2-c2ccccc21)C(C)(Cc1ccc(F)cc1)C(=O)O. The van der Waals surface area contributed by atoms with Crippen LogP contribution in [0.15, 0.2) is 72.8 Å². The number of aliphatic carboxylic acids is 1. The monoisotopic (exact) mass is 447 g/mol. The summed E-state index contributed by atoms with van der Waals surface area (Å²) in [6.07, 6.45) is -0.660. The van der Waals surface area contributed by atoms with Crippen molar-refractivity contribution >= 4 is 12.1 Å². The molecule has 6 heteroatoms. The zero-order valence-corrected chi connectivity index (χ0v) is 18.6. The number of ether oxygens (including phenoxy) is 1. The molecule has 0 aliphatic heterocycles. The Morgan fingerprint density at radius 2 is 1.52 bits per heavy atom. The van der Waals surface area contributed by atoms with Crippen LogP contribution in [0.4, 0.5) is 9.18 Å². The number of nitrogens with zero attached hydrogens (tertiary/aromatic N) is 1. The number of rotatable bonds is 7. The summed E-state index contributed by atoms with van der Waals surface area (Å²) in [5.74, 6) is -1.67. The predicted molar refractivity (Wildman–Crippen MR) is 124 cm³/mol. The second-order valence-corrected chi connectivity index (χ2v) is 8.43. The van der Waals surface area contributed by atoms with Gasteiger partial charge in [-0.05, 0) is 53.8 Å². The van der Waals surface area contributed by atoms with Crippen LogP contribution < -0.4 is 0 Å². The van der Waals surface area contributed by atoms with Gasteiger partial charge in [-0.2, -0.15) is 0 Å². The molecule has 0 saturated heterocycles. The second kappa shape index (κ2) is 9.06. The number of carbonyl (C=O) groups excluding carboxylic acids is 1. The molecular formula is C27H26FNO4. The summed E-state index contributed by atoms with van der Waals surface area (Å²) >= 11 is 0. The number of likely N-dealkylation sites (N-methyl/N-ethyl adjacent to an activating group) is 1. The van der Waals surface area contributed by atoms with E-state index in [0.29, 0.717) is 5.56 Å². The molecule has 1 N–H and O–H groups in total. The van der Waals surface area contributed by atoms with Gasteiger partial charge in [0, 0.05) is 18.9 Å². The molecule has 0 bridgehead atoms. The van der Waals surface area contributed by atoms with Gasteiger partial charge in [0.05, 0.1) is 0 Å². The van der Waals surface area contributed by atoms with Crippen molar-refractivity contribution in [3.63, 3.8) is 0 Å². The summed E-state index contributed by atoms with van der Waals surface area (Å²) in [5, 5.41) is 10.0. The van der Waals surface area contributed by atoms with Gasteiger partial charge < -0.3 is 9.84 Å². The van der Waals surface area contributed by atoms with Crippen molar-refractivity contribution in [3.8, 4) is 11.1 Å². The smallest absolute Gasteiger partial charge is 0.410 e. The Morgan fingerprint density at radius 1 is 0.970 bits per heavy atom. The maximum atomic E-state index is 13.3. The van der Waals surface area contributed by atoms with Crippen LogP contribution in [-0.2, 0) is 16.0 Å². The molecule has 5 nitrogen and oxygen atoms in total. The van der Waals surface area contributed by atoms with Gasteiger partial charge in [-0.1, -0.05) is 60.7 Å². The van der Waals surface area contributed by atoms with E-state index in [4.69, 9.17) is 4.74 Å². The summed E-state index contributed by atoms with van der Waals surface area (Å²) in [7, 11) is 0. The van der Waals surface area contributed by atoms with E-state index >= 15 is 0 Å². The molecule has 0 fully saturated rings. The molecule has 0 heterocycles. The topological polar surface area (TPSA) is 66.8 Å². The lowest BCUT2D eigenvalue weighted by molar-refractivity contribution is -0.149. The summed E-state index contributed by atoms with van der Waals surface area (Å²) in [6.45, 7) is 3.47. The molecule has 1 aliphatic rings. The third-order valence-electron chi connectivity index (χ3n) is 6.39. The van der Waals surface area contributed by atoms with Gasteiger partial charge in [-0.3, -0.25) is 4.90 Å². The summed E-state index contributed by atoms with van der Waals surface area (Å²) in [6, 6.07) is 21.7. The first-order valence-corrected chi connectivity index (χ1v) is 11.0. The molecule has 0 aromatic heterocycles. The standard InChI is InChI=1S/C27H26FNO4/c1-3-29(27(2,25(30)31)16-18-12-14-19(28)15-13-18)26(32)33-17-24-22-10-6-4-8-20(22)21-9-5-7-11-23(21)24/h4-15,24H,3,16-17H2,1-2H3,(H,30,31). The quantitative estimate of drug-likeness (QED) is 0.521. The molecule has 3 aromatic rings. The fourth-order valence-corrected chi connectivity index (χ4v) is 4.64. The normalized spacial score (nSPS) is 14.2. The summed E-state index contributed by atoms with van der Waals surface area (Å²) < 4.78 is 19.0. The minimum atomic E-state index is -1.55. The van der Waals surface area contributed by atoms with Crippen molar-refractivity contribution in [2.24, 2.45) is 0 Å². The van der Waals surface area contributed by atoms with E-state index in [2.05, 4.69) is 12.1 Å². The molecule has 4 rings (SSSR count). The van der Waals surface area contributed by atoms with Crippen LogP contribution in [-0.4, -0.2) is 40.8 Å². The first-order chi connectivity index (χ1) is 15.8. The molecular weight excluding hydrogens is 421 g/mol. The van der Waals surface area contributed by atoms with Crippen LogP contribution in [0.5, 0.6) is 0 Å². The van der Waals surface area contributed by atoms with Crippen LogP contribution in [0.25, 0.3) is 11.1 Å². The number of carboxylic acids is 1. The number of amides is 1. The van der Waals surface area contributed by atoms with E-state index in [-0.39, 0.29) is 25.5 Å². The predicted octanol–water partition coefficient (Wildman–Crippen LogP) is 5.48. The molecule has 0 spiro atoms. The average molecular weight is 448 g/mol. The van der Waals surface area contributed by atoms with E-state index in [1.165, 1.54) is 36.1 Å². The van der Waals surface area contributed by atoms with Crippen LogP contribution in [0.3, 0.4) is 0 Å². The van der Waals surface area contributed by atoms with E-state index in [1.807, 2.05) is 36.4 Å². The van der Waals surface area contributed by atoms with Gasteiger partial charge in [0.15, 0.2) is 0 Å². The summed E-state index contributed by atoms with van der Waals surface area (Å²) in [4.78, 5) is 26.6. The first kappa shape index (κ1) is 22.5. The number of hydrogen-bond acceptors (Lipinski definition) is 3. The maximum Gasteiger partial charge on any atom is 0.410 e. The minimum Gasteiger partial charge on any atom is -0.479 e. The van der Waals surface area contributed by atoms with Gasteiger partial charge >= 0.3 is 12.1 Å². The molecule has 170 valence electrons. The molecule has 33 heavy (non-hydrogen) atoms. The Labute approximate surface area is 192 Å². The van der Waals surface area contributed by atoms with Crippen molar-refractivity contribution in [2.45, 2.75) is 31.7 Å². The number of hydrogen-bond donors (Lipinski definition) is 1. The average Bonchev–Trinajstić information content (AvgIpc) is 3.13. The van der Waals surface area contributed by atoms with Crippen molar-refractivity contribution in [1.82, 2.24) is 4.90 Å². The Bertz CT molecular complexity index is 1130. The number of carboxylic acid groups (broad SMARTS) is 1. The Balaban J connectivity index is 1.55. The summed E-state index contributed by atoms with van der Waals surface area (Å²) in [5.41, 5.74) is 3.48. The molecule has 0 radical (unpaired) electrons. The minimum absolute atomic E-state index is 0.0284. The molecule has 0 saturated carbocycles. The highest BCUT2D eigenvalue weighted by Crippen LogP contribution is 2.44. The Kier molecular flexibility index (Phi) is 6.18. The number of halogens is 1. The van der Waals surface area contributed by atoms with Gasteiger partial charge in [-0.15, -0.1) is 0 Å². The van der Waals surface area contributed by atoms with Crippen molar-refractivity contribution in [3.05, 3.63) is 95.3 Å².